The van der Waals surface area contributed by atoms with Crippen molar-refractivity contribution in [1.82, 2.24) is 15.8 Å². The number of nitrogens with one attached hydrogen (secondary N) is 2. The Balaban J connectivity index is 1.44. The van der Waals surface area contributed by atoms with E-state index in [-0.39, 0.29) is 17.6 Å². The molecule has 0 saturated heterocycles. The predicted octanol–water partition coefficient (Wildman–Crippen LogP) is 3.72. The first-order valence-electron chi connectivity index (χ1n) is 8.82. The lowest BCUT2D eigenvalue weighted by Crippen LogP contribution is -2.42. The van der Waals surface area contributed by atoms with E-state index in [1.807, 2.05) is 36.4 Å². The first kappa shape index (κ1) is 19.0. The Morgan fingerprint density at radius 2 is 1.85 bits per heavy atom. The first-order valence-corrected chi connectivity index (χ1v) is 9.81. The zero-order valence-corrected chi connectivity index (χ0v) is 15.8. The van der Waals surface area contributed by atoms with Gasteiger partial charge in [-0.1, -0.05) is 49.4 Å². The Labute approximate surface area is 161 Å². The van der Waals surface area contributed by atoms with Gasteiger partial charge in [-0.25, -0.2) is 4.98 Å². The van der Waals surface area contributed by atoms with Gasteiger partial charge in [-0.05, 0) is 42.7 Å². The number of amides is 2. The second-order valence-electron chi connectivity index (χ2n) is 6.04. The lowest BCUT2D eigenvalue weighted by Gasteiger charge is -2.07. The van der Waals surface area contributed by atoms with E-state index in [2.05, 4.69) is 22.8 Å². The molecule has 1 heterocycles. The summed E-state index contributed by atoms with van der Waals surface area (Å²) in [4.78, 5) is 28.3. The fourth-order valence-corrected chi connectivity index (χ4v) is 3.12. The van der Waals surface area contributed by atoms with Crippen molar-refractivity contribution >= 4 is 34.7 Å². The van der Waals surface area contributed by atoms with Crippen LogP contribution in [0.2, 0.25) is 0 Å². The van der Waals surface area contributed by atoms with Crippen LogP contribution in [0.25, 0.3) is 11.1 Å². The summed E-state index contributed by atoms with van der Waals surface area (Å²) >= 11 is 1.17. The topological polar surface area (TPSA) is 84.2 Å². The van der Waals surface area contributed by atoms with Crippen LogP contribution in [0.4, 0.5) is 0 Å². The van der Waals surface area contributed by atoms with Gasteiger partial charge in [-0.3, -0.25) is 20.4 Å². The number of unbranched alkanes of at least 4 members (excludes halogenated alkanes) is 1. The first-order chi connectivity index (χ1) is 13.2. The number of aromatic nitrogens is 1. The van der Waals surface area contributed by atoms with Crippen LogP contribution in [0.5, 0.6) is 0 Å². The van der Waals surface area contributed by atoms with Crippen LogP contribution in [-0.2, 0) is 11.2 Å². The van der Waals surface area contributed by atoms with Crippen LogP contribution in [0, 0.1) is 0 Å². The molecule has 0 fully saturated rings. The highest BCUT2D eigenvalue weighted by Crippen LogP contribution is 2.22. The maximum absolute atomic E-state index is 12.1. The minimum absolute atomic E-state index is 0.0864. The molecule has 7 heteroatoms. The summed E-state index contributed by atoms with van der Waals surface area (Å²) in [5, 5.41) is 0.417. The average Bonchev–Trinajstić information content (AvgIpc) is 3.12. The normalized spacial score (nSPS) is 10.7. The number of benzene rings is 2. The molecular weight excluding hydrogens is 362 g/mol. The fourth-order valence-electron chi connectivity index (χ4n) is 2.48. The summed E-state index contributed by atoms with van der Waals surface area (Å²) in [6.07, 6.45) is 3.26. The zero-order chi connectivity index (χ0) is 19.1. The number of hydrogen-bond acceptors (Lipinski definition) is 5. The maximum Gasteiger partial charge on any atom is 0.269 e. The Hall–Kier alpha value is -2.80. The predicted molar refractivity (Wildman–Crippen MR) is 105 cm³/mol. The third kappa shape index (κ3) is 5.34. The van der Waals surface area contributed by atoms with Crippen molar-refractivity contribution in [1.29, 1.82) is 0 Å². The second-order valence-corrected chi connectivity index (χ2v) is 6.97. The molecule has 0 aliphatic heterocycles. The Morgan fingerprint density at radius 3 is 2.59 bits per heavy atom. The van der Waals surface area contributed by atoms with E-state index in [0.29, 0.717) is 16.4 Å². The van der Waals surface area contributed by atoms with Crippen molar-refractivity contribution in [3.05, 3.63) is 59.7 Å². The molecule has 0 aliphatic rings. The summed E-state index contributed by atoms with van der Waals surface area (Å²) in [5.41, 5.74) is 7.95. The van der Waals surface area contributed by atoms with Crippen molar-refractivity contribution in [2.45, 2.75) is 31.4 Å². The van der Waals surface area contributed by atoms with Gasteiger partial charge in [0.15, 0.2) is 5.58 Å². The zero-order valence-electron chi connectivity index (χ0n) is 15.0. The number of carbonyl (C=O) groups excluding carboxylic acids is 2. The molecule has 140 valence electrons. The number of carbonyl (C=O) groups is 2. The molecule has 0 spiro atoms. The van der Waals surface area contributed by atoms with E-state index in [9.17, 15) is 9.59 Å². The van der Waals surface area contributed by atoms with Gasteiger partial charge in [0.05, 0.1) is 5.75 Å². The fraction of sp³-hybridized carbons (Fsp3) is 0.250. The Bertz CT molecular complexity index is 889. The minimum Gasteiger partial charge on any atom is -0.431 e. The molecule has 0 radical (unpaired) electrons. The molecule has 2 aromatic carbocycles. The molecule has 0 bridgehead atoms. The van der Waals surface area contributed by atoms with E-state index in [0.717, 1.165) is 24.8 Å². The number of hydrogen-bond donors (Lipinski definition) is 2. The van der Waals surface area contributed by atoms with Gasteiger partial charge in [0, 0.05) is 5.56 Å². The highest BCUT2D eigenvalue weighted by Gasteiger charge is 2.11. The summed E-state index contributed by atoms with van der Waals surface area (Å²) < 4.78 is 5.54. The van der Waals surface area contributed by atoms with Crippen molar-refractivity contribution in [2.24, 2.45) is 0 Å². The number of oxazole rings is 1. The minimum atomic E-state index is -0.350. The SMILES string of the molecule is CCCCc1ccc(C(=O)NNC(=O)CSc2nc3ccccc3o2)cc1. The molecule has 3 rings (SSSR count). The highest BCUT2D eigenvalue weighted by atomic mass is 32.2. The van der Waals surface area contributed by atoms with Crippen LogP contribution in [0.15, 0.2) is 58.2 Å². The number of thioether (sulfide) groups is 1. The van der Waals surface area contributed by atoms with E-state index in [1.165, 1.54) is 17.3 Å². The lowest BCUT2D eigenvalue weighted by molar-refractivity contribution is -0.119. The van der Waals surface area contributed by atoms with Crippen LogP contribution >= 0.6 is 11.8 Å². The monoisotopic (exact) mass is 383 g/mol. The van der Waals surface area contributed by atoms with Gasteiger partial charge in [-0.2, -0.15) is 0 Å². The van der Waals surface area contributed by atoms with E-state index < -0.39 is 0 Å². The molecule has 0 unspecified atom stereocenters. The van der Waals surface area contributed by atoms with Crippen LogP contribution in [0.1, 0.15) is 35.7 Å². The molecule has 0 aliphatic carbocycles. The highest BCUT2D eigenvalue weighted by molar-refractivity contribution is 7.99. The summed E-state index contributed by atoms with van der Waals surface area (Å²) in [6, 6.07) is 14.8. The number of aryl methyl sites for hydroxylation is 1. The number of hydrazine groups is 1. The third-order valence-electron chi connectivity index (χ3n) is 3.95. The lowest BCUT2D eigenvalue weighted by atomic mass is 10.1. The van der Waals surface area contributed by atoms with Crippen molar-refractivity contribution in [2.75, 3.05) is 5.75 Å². The second kappa shape index (κ2) is 9.23. The summed E-state index contributed by atoms with van der Waals surface area (Å²) in [5.74, 6) is -0.601. The molecule has 0 atom stereocenters. The quantitative estimate of drug-likeness (QED) is 0.480. The summed E-state index contributed by atoms with van der Waals surface area (Å²) in [7, 11) is 0. The van der Waals surface area contributed by atoms with E-state index >= 15 is 0 Å². The number of nitrogens with zero attached hydrogens (tertiary/aromatic N) is 1. The van der Waals surface area contributed by atoms with Gasteiger partial charge in [-0.15, -0.1) is 0 Å². The number of fused-ring (bicyclic) bond motifs is 1. The Kier molecular flexibility index (Phi) is 6.49. The standard InChI is InChI=1S/C20H21N3O3S/c1-2-3-6-14-9-11-15(12-10-14)19(25)23-22-18(24)13-27-20-21-16-7-4-5-8-17(16)26-20/h4-5,7-12H,2-3,6,13H2,1H3,(H,22,24)(H,23,25). The molecule has 2 N–H and O–H groups in total. The van der Waals surface area contributed by atoms with Gasteiger partial charge in [0.1, 0.15) is 5.52 Å². The molecular formula is C20H21N3O3S. The van der Waals surface area contributed by atoms with Gasteiger partial charge in [0.2, 0.25) is 5.91 Å². The average molecular weight is 383 g/mol. The van der Waals surface area contributed by atoms with Crippen LogP contribution in [0.3, 0.4) is 0 Å². The van der Waals surface area contributed by atoms with Crippen molar-refractivity contribution in [3.8, 4) is 0 Å². The molecule has 6 nitrogen and oxygen atoms in total. The van der Waals surface area contributed by atoms with Gasteiger partial charge >= 0.3 is 0 Å². The van der Waals surface area contributed by atoms with Crippen LogP contribution < -0.4 is 10.9 Å². The van der Waals surface area contributed by atoms with Crippen molar-refractivity contribution < 1.29 is 14.0 Å². The van der Waals surface area contributed by atoms with Gasteiger partial charge < -0.3 is 4.42 Å². The molecule has 3 aromatic rings. The number of rotatable bonds is 7. The van der Waals surface area contributed by atoms with Gasteiger partial charge in [0.25, 0.3) is 11.1 Å². The van der Waals surface area contributed by atoms with Crippen LogP contribution in [-0.4, -0.2) is 22.6 Å². The summed E-state index contributed by atoms with van der Waals surface area (Å²) in [6.45, 7) is 2.15. The molecule has 0 saturated carbocycles. The van der Waals surface area contributed by atoms with E-state index in [4.69, 9.17) is 4.42 Å². The maximum atomic E-state index is 12.1. The molecule has 27 heavy (non-hydrogen) atoms. The largest absolute Gasteiger partial charge is 0.431 e. The van der Waals surface area contributed by atoms with Crippen molar-refractivity contribution in [3.63, 3.8) is 0 Å². The molecule has 2 amide bonds. The Morgan fingerprint density at radius 1 is 1.07 bits per heavy atom. The number of para-hydroxylation sites is 2. The van der Waals surface area contributed by atoms with E-state index in [1.54, 1.807) is 12.1 Å². The molecule has 1 aromatic heterocycles. The third-order valence-corrected chi connectivity index (χ3v) is 4.78. The smallest absolute Gasteiger partial charge is 0.269 e.